The molecule has 7 nitrogen and oxygen atoms in total. The number of nitrogens with zero attached hydrogens (tertiary/aromatic N) is 5. The summed E-state index contributed by atoms with van der Waals surface area (Å²) in [4.78, 5) is 18.4. The van der Waals surface area contributed by atoms with E-state index in [0.29, 0.717) is 27.6 Å². The molecule has 2 aliphatic rings. The van der Waals surface area contributed by atoms with E-state index in [1.165, 1.54) is 6.08 Å². The molecule has 1 saturated carbocycles. The lowest BCUT2D eigenvalue weighted by Crippen LogP contribution is -2.35. The fraction of sp³-hybridized carbons (Fsp3) is 0.294. The van der Waals surface area contributed by atoms with Gasteiger partial charge in [-0.25, -0.2) is 8.78 Å². The highest BCUT2D eigenvalue weighted by Gasteiger charge is 2.68. The predicted molar refractivity (Wildman–Crippen MR) is 162 cm³/mol. The Balaban J connectivity index is 1.33. The number of pyridine rings is 1. The molecular formula is C34H27F7N6O. The van der Waals surface area contributed by atoms with Crippen LogP contribution in [-0.4, -0.2) is 30.5 Å². The van der Waals surface area contributed by atoms with E-state index in [-0.39, 0.29) is 24.1 Å². The first-order valence-electron chi connectivity index (χ1n) is 15.0. The summed E-state index contributed by atoms with van der Waals surface area (Å²) in [5, 5.41) is 11.5. The number of fused-ring (bicyclic) bond motifs is 4. The van der Waals surface area contributed by atoms with E-state index in [4.69, 9.17) is 4.98 Å². The number of aryl methyl sites for hydroxylation is 2. The Bertz CT molecular complexity index is 2110. The number of carbonyl (C=O) groups excluding carboxylic acids is 1. The van der Waals surface area contributed by atoms with Crippen molar-refractivity contribution >= 4 is 22.9 Å². The van der Waals surface area contributed by atoms with E-state index >= 15 is 8.78 Å². The van der Waals surface area contributed by atoms with Crippen molar-refractivity contribution in [2.24, 2.45) is 13.0 Å². The molecule has 48 heavy (non-hydrogen) atoms. The van der Waals surface area contributed by atoms with Crippen molar-refractivity contribution in [3.05, 3.63) is 106 Å². The van der Waals surface area contributed by atoms with Gasteiger partial charge in [0, 0.05) is 41.1 Å². The molecule has 1 N–H and O–H groups in total. The molecule has 0 spiro atoms. The zero-order chi connectivity index (χ0) is 34.3. The SMILES string of the molecule is C=Cc1ccc(-c2cccc3c(C)nn(C)c23)c(C(Cc2cc(F)cc(F)c2)NC(=O)Cn2nc(C(F)(F)F)c3c2C(F)(F)[C@@H]2C[C@H]32)n1. The number of aromatic nitrogens is 5. The Morgan fingerprint density at radius 3 is 2.52 bits per heavy atom. The van der Waals surface area contributed by atoms with Crippen molar-refractivity contribution in [1.82, 2.24) is 29.9 Å². The number of rotatable bonds is 8. The molecule has 0 radical (unpaired) electrons. The summed E-state index contributed by atoms with van der Waals surface area (Å²) < 4.78 is 103. The van der Waals surface area contributed by atoms with Gasteiger partial charge in [-0.1, -0.05) is 30.8 Å². The molecule has 7 rings (SSSR count). The van der Waals surface area contributed by atoms with Crippen molar-refractivity contribution in [2.45, 2.75) is 50.4 Å². The molecule has 2 aromatic carbocycles. The number of hydrogen-bond donors (Lipinski definition) is 1. The van der Waals surface area contributed by atoms with Crippen LogP contribution >= 0.6 is 0 Å². The minimum atomic E-state index is -5.00. The molecule has 1 unspecified atom stereocenters. The summed E-state index contributed by atoms with van der Waals surface area (Å²) in [6, 6.07) is 10.6. The third kappa shape index (κ3) is 5.23. The van der Waals surface area contributed by atoms with Gasteiger partial charge in [0.05, 0.1) is 28.6 Å². The molecule has 14 heteroatoms. The van der Waals surface area contributed by atoms with E-state index in [2.05, 4.69) is 22.1 Å². The Labute approximate surface area is 269 Å². The Hall–Kier alpha value is -5.01. The average molecular weight is 669 g/mol. The lowest BCUT2D eigenvalue weighted by molar-refractivity contribution is -0.142. The van der Waals surface area contributed by atoms with Gasteiger partial charge in [-0.3, -0.25) is 19.1 Å². The van der Waals surface area contributed by atoms with Gasteiger partial charge >= 0.3 is 6.18 Å². The van der Waals surface area contributed by atoms with Crippen LogP contribution in [0.4, 0.5) is 30.7 Å². The van der Waals surface area contributed by atoms with E-state index in [9.17, 15) is 26.7 Å². The van der Waals surface area contributed by atoms with Gasteiger partial charge in [-0.15, -0.1) is 0 Å². The van der Waals surface area contributed by atoms with Gasteiger partial charge in [0.15, 0.2) is 5.69 Å². The minimum absolute atomic E-state index is 0.0930. The maximum Gasteiger partial charge on any atom is 0.435 e. The Morgan fingerprint density at radius 1 is 1.10 bits per heavy atom. The summed E-state index contributed by atoms with van der Waals surface area (Å²) in [6.07, 6.45) is -3.85. The van der Waals surface area contributed by atoms with Gasteiger partial charge in [0.25, 0.3) is 5.92 Å². The monoisotopic (exact) mass is 668 g/mol. The molecular weight excluding hydrogens is 641 g/mol. The number of hydrogen-bond acceptors (Lipinski definition) is 4. The quantitative estimate of drug-likeness (QED) is 0.175. The second-order valence-corrected chi connectivity index (χ2v) is 12.2. The normalized spacial score (nSPS) is 18.4. The third-order valence-corrected chi connectivity index (χ3v) is 9.02. The Morgan fingerprint density at radius 2 is 1.83 bits per heavy atom. The number of nitrogens with one attached hydrogen (secondary N) is 1. The van der Waals surface area contributed by atoms with Crippen LogP contribution in [0.15, 0.2) is 55.1 Å². The maximum absolute atomic E-state index is 15.2. The van der Waals surface area contributed by atoms with Crippen molar-refractivity contribution < 1.29 is 35.5 Å². The summed E-state index contributed by atoms with van der Waals surface area (Å²) in [5.74, 6) is -8.55. The third-order valence-electron chi connectivity index (χ3n) is 9.02. The molecule has 3 aromatic heterocycles. The molecule has 3 atom stereocenters. The molecule has 0 saturated heterocycles. The lowest BCUT2D eigenvalue weighted by Gasteiger charge is -2.23. The number of amides is 1. The van der Waals surface area contributed by atoms with Crippen LogP contribution in [0.3, 0.4) is 0 Å². The molecule has 0 aliphatic heterocycles. The number of alkyl halides is 5. The van der Waals surface area contributed by atoms with Gasteiger partial charge in [0.1, 0.15) is 23.9 Å². The molecule has 1 amide bonds. The second kappa shape index (κ2) is 11.0. The first-order valence-corrected chi connectivity index (χ1v) is 15.0. The zero-order valence-corrected chi connectivity index (χ0v) is 25.5. The topological polar surface area (TPSA) is 77.6 Å². The average Bonchev–Trinajstić information content (AvgIpc) is 3.57. The van der Waals surface area contributed by atoms with E-state index in [0.717, 1.165) is 28.7 Å². The molecule has 248 valence electrons. The fourth-order valence-electron chi connectivity index (χ4n) is 6.98. The van der Waals surface area contributed by atoms with Gasteiger partial charge in [-0.2, -0.15) is 32.1 Å². The van der Waals surface area contributed by atoms with E-state index < -0.39 is 71.0 Å². The van der Waals surface area contributed by atoms with E-state index in [1.54, 1.807) is 23.9 Å². The van der Waals surface area contributed by atoms with Crippen LogP contribution in [0.1, 0.15) is 58.0 Å². The number of halogens is 7. The van der Waals surface area contributed by atoms with Crippen LogP contribution in [0, 0.1) is 24.5 Å². The van der Waals surface area contributed by atoms with Crippen LogP contribution in [0.2, 0.25) is 0 Å². The van der Waals surface area contributed by atoms with Crippen molar-refractivity contribution in [1.29, 1.82) is 0 Å². The smallest absolute Gasteiger partial charge is 0.346 e. The predicted octanol–water partition coefficient (Wildman–Crippen LogP) is 7.39. The van der Waals surface area contributed by atoms with Crippen molar-refractivity contribution in [3.8, 4) is 11.1 Å². The summed E-state index contributed by atoms with van der Waals surface area (Å²) in [6.45, 7) is 4.65. The first kappa shape index (κ1) is 31.6. The Kier molecular flexibility index (Phi) is 7.25. The molecule has 0 bridgehead atoms. The standard InChI is InChI=1S/C34H27F7N6O/c1-4-20-8-9-22(23-7-5-6-21-16(2)44-46(3)30(21)23)29(42-20)26(12-17-10-18(35)13-19(36)11-17)43-27(48)15-47-32-28(31(45-47)34(39,40)41)24-14-25(24)33(32,37)38/h4-11,13,24-26H,1,12,14-15H2,2-3H3,(H,43,48)/t24-,25+,26?/m0/s1. The summed E-state index contributed by atoms with van der Waals surface area (Å²) in [5.41, 5.74) is 0.527. The number of para-hydroxylation sites is 1. The lowest BCUT2D eigenvalue weighted by atomic mass is 9.93. The zero-order valence-electron chi connectivity index (χ0n) is 25.5. The van der Waals surface area contributed by atoms with Gasteiger partial charge < -0.3 is 5.32 Å². The van der Waals surface area contributed by atoms with Crippen LogP contribution in [0.5, 0.6) is 0 Å². The highest BCUT2D eigenvalue weighted by Crippen LogP contribution is 2.68. The van der Waals surface area contributed by atoms with Crippen molar-refractivity contribution in [2.75, 3.05) is 0 Å². The van der Waals surface area contributed by atoms with Crippen LogP contribution < -0.4 is 5.32 Å². The van der Waals surface area contributed by atoms with Crippen molar-refractivity contribution in [3.63, 3.8) is 0 Å². The second-order valence-electron chi connectivity index (χ2n) is 12.2. The fourth-order valence-corrected chi connectivity index (χ4v) is 6.98. The van der Waals surface area contributed by atoms with Gasteiger partial charge in [-0.05, 0) is 55.5 Å². The van der Waals surface area contributed by atoms with E-state index in [1.807, 2.05) is 25.1 Å². The largest absolute Gasteiger partial charge is 0.435 e. The number of carbonyl (C=O) groups is 1. The molecule has 1 fully saturated rings. The van der Waals surface area contributed by atoms with Crippen LogP contribution in [0.25, 0.3) is 28.1 Å². The summed E-state index contributed by atoms with van der Waals surface area (Å²) >= 11 is 0. The number of benzene rings is 2. The molecule has 5 aromatic rings. The first-order chi connectivity index (χ1) is 22.7. The minimum Gasteiger partial charge on any atom is -0.346 e. The molecule has 3 heterocycles. The highest BCUT2D eigenvalue weighted by atomic mass is 19.4. The molecule has 2 aliphatic carbocycles. The summed E-state index contributed by atoms with van der Waals surface area (Å²) in [7, 11) is 1.76. The van der Waals surface area contributed by atoms with Gasteiger partial charge in [0.2, 0.25) is 5.91 Å². The highest BCUT2D eigenvalue weighted by molar-refractivity contribution is 5.96. The maximum atomic E-state index is 15.2. The van der Waals surface area contributed by atoms with Crippen LogP contribution in [-0.2, 0) is 36.9 Å².